The van der Waals surface area contributed by atoms with Gasteiger partial charge in [0.1, 0.15) is 18.7 Å². The van der Waals surface area contributed by atoms with E-state index < -0.39 is 0 Å². The average molecular weight is 350 g/mol. The summed E-state index contributed by atoms with van der Waals surface area (Å²) in [5.41, 5.74) is 2.03. The van der Waals surface area contributed by atoms with Crippen molar-refractivity contribution in [2.75, 3.05) is 31.1 Å². The van der Waals surface area contributed by atoms with Gasteiger partial charge in [-0.25, -0.2) is 9.97 Å². The quantitative estimate of drug-likeness (QED) is 0.717. The van der Waals surface area contributed by atoms with Gasteiger partial charge >= 0.3 is 0 Å². The van der Waals surface area contributed by atoms with E-state index in [1.54, 1.807) is 17.2 Å². The molecule has 0 saturated carbocycles. The number of para-hydroxylation sites is 1. The van der Waals surface area contributed by atoms with Crippen LogP contribution < -0.4 is 4.90 Å². The van der Waals surface area contributed by atoms with Gasteiger partial charge in [0.15, 0.2) is 0 Å². The number of aromatic nitrogens is 4. The maximum absolute atomic E-state index is 12.7. The molecule has 1 aliphatic heterocycles. The molecule has 2 aromatic heterocycles. The predicted octanol–water partition coefficient (Wildman–Crippen LogP) is 1.74. The zero-order chi connectivity index (χ0) is 17.9. The highest BCUT2D eigenvalue weighted by Crippen LogP contribution is 2.16. The zero-order valence-electron chi connectivity index (χ0n) is 14.9. The molecule has 0 unspecified atom stereocenters. The third-order valence-electron chi connectivity index (χ3n) is 4.86. The van der Waals surface area contributed by atoms with Gasteiger partial charge in [-0.05, 0) is 12.5 Å². The van der Waals surface area contributed by atoms with Crippen LogP contribution in [0.25, 0.3) is 10.9 Å². The van der Waals surface area contributed by atoms with Crippen LogP contribution in [0.15, 0.2) is 42.9 Å². The summed E-state index contributed by atoms with van der Waals surface area (Å²) in [6, 6.07) is 9.98. The summed E-state index contributed by atoms with van der Waals surface area (Å²) < 4.78 is 1.78. The Bertz CT molecular complexity index is 913. The molecular weight excluding hydrogens is 328 g/mol. The van der Waals surface area contributed by atoms with E-state index in [1.807, 2.05) is 35.2 Å². The van der Waals surface area contributed by atoms with Crippen molar-refractivity contribution in [2.24, 2.45) is 0 Å². The van der Waals surface area contributed by atoms with Gasteiger partial charge in [-0.3, -0.25) is 9.48 Å². The van der Waals surface area contributed by atoms with Crippen LogP contribution in [-0.4, -0.2) is 56.7 Å². The van der Waals surface area contributed by atoms with E-state index in [9.17, 15) is 4.79 Å². The van der Waals surface area contributed by atoms with Crippen molar-refractivity contribution < 1.29 is 4.79 Å². The molecule has 1 amide bonds. The fourth-order valence-corrected chi connectivity index (χ4v) is 3.32. The standard InChI is InChI=1S/C19H22N6O/c1-2-16-11-18(21-14-20-16)23-7-9-24(10-8-23)19(26)13-25-17-6-4-3-5-15(17)12-22-25/h3-6,11-12,14H,2,7-10,13H2,1H3. The molecule has 134 valence electrons. The number of piperazine rings is 1. The Hall–Kier alpha value is -2.96. The number of hydrogen-bond donors (Lipinski definition) is 0. The summed E-state index contributed by atoms with van der Waals surface area (Å²) in [7, 11) is 0. The fourth-order valence-electron chi connectivity index (χ4n) is 3.32. The lowest BCUT2D eigenvalue weighted by Crippen LogP contribution is -2.50. The number of hydrogen-bond acceptors (Lipinski definition) is 5. The molecule has 1 aliphatic rings. The molecule has 26 heavy (non-hydrogen) atoms. The van der Waals surface area contributed by atoms with Crippen LogP contribution >= 0.6 is 0 Å². The van der Waals surface area contributed by atoms with E-state index in [1.165, 1.54) is 0 Å². The summed E-state index contributed by atoms with van der Waals surface area (Å²) >= 11 is 0. The molecule has 0 N–H and O–H groups in total. The minimum Gasteiger partial charge on any atom is -0.353 e. The smallest absolute Gasteiger partial charge is 0.244 e. The average Bonchev–Trinajstić information content (AvgIpc) is 3.11. The monoisotopic (exact) mass is 350 g/mol. The van der Waals surface area contributed by atoms with Crippen molar-refractivity contribution in [1.82, 2.24) is 24.6 Å². The molecule has 1 fully saturated rings. The predicted molar refractivity (Wildman–Crippen MR) is 99.9 cm³/mol. The summed E-state index contributed by atoms with van der Waals surface area (Å²) in [5, 5.41) is 5.41. The van der Waals surface area contributed by atoms with Crippen molar-refractivity contribution in [3.8, 4) is 0 Å². The second kappa shape index (κ2) is 7.11. The number of fused-ring (bicyclic) bond motifs is 1. The van der Waals surface area contributed by atoms with E-state index in [0.717, 1.165) is 41.9 Å². The van der Waals surface area contributed by atoms with Gasteiger partial charge in [0.05, 0.1) is 11.7 Å². The third-order valence-corrected chi connectivity index (χ3v) is 4.86. The lowest BCUT2D eigenvalue weighted by Gasteiger charge is -2.35. The molecule has 1 aromatic carbocycles. The molecule has 1 saturated heterocycles. The van der Waals surface area contributed by atoms with Crippen molar-refractivity contribution in [3.63, 3.8) is 0 Å². The highest BCUT2D eigenvalue weighted by atomic mass is 16.2. The SMILES string of the molecule is CCc1cc(N2CCN(C(=O)Cn3ncc4ccccc43)CC2)ncn1. The van der Waals surface area contributed by atoms with Gasteiger partial charge in [-0.1, -0.05) is 25.1 Å². The van der Waals surface area contributed by atoms with Crippen LogP contribution in [0.2, 0.25) is 0 Å². The van der Waals surface area contributed by atoms with E-state index in [0.29, 0.717) is 13.1 Å². The summed E-state index contributed by atoms with van der Waals surface area (Å²) in [4.78, 5) is 25.4. The number of rotatable bonds is 4. The van der Waals surface area contributed by atoms with Gasteiger partial charge in [0.2, 0.25) is 5.91 Å². The van der Waals surface area contributed by atoms with Crippen LogP contribution in [0.3, 0.4) is 0 Å². The van der Waals surface area contributed by atoms with Crippen molar-refractivity contribution >= 4 is 22.6 Å². The van der Waals surface area contributed by atoms with Gasteiger partial charge in [-0.2, -0.15) is 5.10 Å². The zero-order valence-corrected chi connectivity index (χ0v) is 14.9. The summed E-state index contributed by atoms with van der Waals surface area (Å²) in [6.45, 7) is 5.33. The first kappa shape index (κ1) is 16.5. The lowest BCUT2D eigenvalue weighted by molar-refractivity contribution is -0.132. The fraction of sp³-hybridized carbons (Fsp3) is 0.368. The molecule has 7 nitrogen and oxygen atoms in total. The molecule has 7 heteroatoms. The van der Waals surface area contributed by atoms with Crippen LogP contribution in [0.1, 0.15) is 12.6 Å². The minimum atomic E-state index is 0.107. The van der Waals surface area contributed by atoms with E-state index in [2.05, 4.69) is 26.9 Å². The molecule has 0 aliphatic carbocycles. The second-order valence-electron chi connectivity index (χ2n) is 6.45. The van der Waals surface area contributed by atoms with Crippen LogP contribution in [0.4, 0.5) is 5.82 Å². The Morgan fingerprint density at radius 1 is 1.12 bits per heavy atom. The van der Waals surface area contributed by atoms with Crippen molar-refractivity contribution in [3.05, 3.63) is 48.5 Å². The first-order valence-corrected chi connectivity index (χ1v) is 8.99. The minimum absolute atomic E-state index is 0.107. The topological polar surface area (TPSA) is 67.2 Å². The molecule has 3 heterocycles. The van der Waals surface area contributed by atoms with E-state index in [-0.39, 0.29) is 12.5 Å². The molecule has 0 bridgehead atoms. The Morgan fingerprint density at radius 3 is 2.73 bits per heavy atom. The number of carbonyl (C=O) groups is 1. The van der Waals surface area contributed by atoms with Crippen molar-refractivity contribution in [1.29, 1.82) is 0 Å². The number of anilines is 1. The van der Waals surface area contributed by atoms with Gasteiger partial charge in [0.25, 0.3) is 0 Å². The molecule has 0 radical (unpaired) electrons. The Balaban J connectivity index is 1.39. The first-order chi connectivity index (χ1) is 12.7. The maximum atomic E-state index is 12.7. The van der Waals surface area contributed by atoms with Crippen LogP contribution in [0.5, 0.6) is 0 Å². The number of benzene rings is 1. The maximum Gasteiger partial charge on any atom is 0.244 e. The highest BCUT2D eigenvalue weighted by Gasteiger charge is 2.22. The summed E-state index contributed by atoms with van der Waals surface area (Å²) in [6.07, 6.45) is 4.32. The van der Waals surface area contributed by atoms with E-state index in [4.69, 9.17) is 0 Å². The number of carbonyl (C=O) groups excluding carboxylic acids is 1. The molecule has 0 spiro atoms. The molecular formula is C19H22N6O. The molecule has 0 atom stereocenters. The molecule has 4 rings (SSSR count). The van der Waals surface area contributed by atoms with Crippen molar-refractivity contribution in [2.45, 2.75) is 19.9 Å². The Morgan fingerprint density at radius 2 is 1.92 bits per heavy atom. The Labute approximate surface area is 152 Å². The number of nitrogens with zero attached hydrogens (tertiary/aromatic N) is 6. The summed E-state index contributed by atoms with van der Waals surface area (Å²) in [5.74, 6) is 1.05. The number of amides is 1. The van der Waals surface area contributed by atoms with Gasteiger partial charge in [-0.15, -0.1) is 0 Å². The van der Waals surface area contributed by atoms with Gasteiger partial charge in [0, 0.05) is 43.3 Å². The normalized spacial score (nSPS) is 14.8. The second-order valence-corrected chi connectivity index (χ2v) is 6.45. The third kappa shape index (κ3) is 3.24. The van der Waals surface area contributed by atoms with Crippen LogP contribution in [0, 0.1) is 0 Å². The largest absolute Gasteiger partial charge is 0.353 e. The number of aryl methyl sites for hydroxylation is 1. The highest BCUT2D eigenvalue weighted by molar-refractivity contribution is 5.82. The lowest BCUT2D eigenvalue weighted by atomic mass is 10.2. The van der Waals surface area contributed by atoms with E-state index >= 15 is 0 Å². The van der Waals surface area contributed by atoms with Gasteiger partial charge < -0.3 is 9.80 Å². The first-order valence-electron chi connectivity index (χ1n) is 8.99. The molecule has 3 aromatic rings. The Kier molecular flexibility index (Phi) is 4.51. The van der Waals surface area contributed by atoms with Crippen LogP contribution in [-0.2, 0) is 17.8 Å².